The summed E-state index contributed by atoms with van der Waals surface area (Å²) in [4.78, 5) is 13.1. The van der Waals surface area contributed by atoms with Crippen LogP contribution in [-0.4, -0.2) is 22.0 Å². The van der Waals surface area contributed by atoms with E-state index in [0.29, 0.717) is 33.2 Å². The summed E-state index contributed by atoms with van der Waals surface area (Å²) in [6.07, 6.45) is 1.72. The van der Waals surface area contributed by atoms with Gasteiger partial charge in [-0.1, -0.05) is 29.3 Å². The molecule has 6 nitrogen and oxygen atoms in total. The van der Waals surface area contributed by atoms with Gasteiger partial charge in [0.1, 0.15) is 0 Å². The Labute approximate surface area is 149 Å². The maximum atomic E-state index is 6.14. The molecule has 2 aromatic heterocycles. The van der Waals surface area contributed by atoms with Crippen molar-refractivity contribution in [2.24, 2.45) is 0 Å². The molecule has 0 aliphatic rings. The van der Waals surface area contributed by atoms with Crippen LogP contribution in [0.15, 0.2) is 48.7 Å². The number of hydrogen-bond acceptors (Lipinski definition) is 6. The highest BCUT2D eigenvalue weighted by molar-refractivity contribution is 6.36. The molecule has 3 aromatic rings. The third kappa shape index (κ3) is 3.84. The summed E-state index contributed by atoms with van der Waals surface area (Å²) in [6.45, 7) is 0. The van der Waals surface area contributed by atoms with Gasteiger partial charge in [0.2, 0.25) is 5.95 Å². The minimum absolute atomic E-state index is 0.477. The minimum Gasteiger partial charge on any atom is -0.357 e. The highest BCUT2D eigenvalue weighted by atomic mass is 35.5. The van der Waals surface area contributed by atoms with E-state index < -0.39 is 0 Å². The van der Waals surface area contributed by atoms with Gasteiger partial charge in [-0.3, -0.25) is 15.8 Å². The van der Waals surface area contributed by atoms with Crippen LogP contribution in [0.2, 0.25) is 10.0 Å². The smallest absolute Gasteiger partial charge is 0.225 e. The molecule has 0 bridgehead atoms. The highest BCUT2D eigenvalue weighted by Crippen LogP contribution is 2.26. The molecule has 3 N–H and O–H groups in total. The number of hydrazine groups is 1. The normalized spacial score (nSPS) is 10.3. The fourth-order valence-electron chi connectivity index (χ4n) is 1.99. The number of aromatic nitrogens is 3. The Hall–Kier alpha value is -2.57. The van der Waals surface area contributed by atoms with E-state index in [2.05, 4.69) is 31.1 Å². The maximum absolute atomic E-state index is 6.14. The van der Waals surface area contributed by atoms with Gasteiger partial charge in [-0.05, 0) is 30.3 Å². The van der Waals surface area contributed by atoms with Crippen molar-refractivity contribution in [1.29, 1.82) is 0 Å². The van der Waals surface area contributed by atoms with E-state index in [4.69, 9.17) is 23.2 Å². The number of hydrogen-bond donors (Lipinski definition) is 3. The molecule has 0 atom stereocenters. The molecule has 0 saturated heterocycles. The number of nitrogens with one attached hydrogen (secondary N) is 3. The van der Waals surface area contributed by atoms with Crippen molar-refractivity contribution in [3.8, 4) is 11.4 Å². The number of nitrogens with zero attached hydrogens (tertiary/aromatic N) is 3. The number of rotatable bonds is 5. The largest absolute Gasteiger partial charge is 0.357 e. The Morgan fingerprint density at radius 1 is 0.917 bits per heavy atom. The van der Waals surface area contributed by atoms with Gasteiger partial charge in [0.25, 0.3) is 0 Å². The molecule has 0 spiro atoms. The van der Waals surface area contributed by atoms with Gasteiger partial charge in [-0.2, -0.15) is 4.98 Å². The SMILES string of the molecule is CNc1nc(NNc2ccc(Cl)cc2Cl)cc(-c2ccccn2)n1. The lowest BCUT2D eigenvalue weighted by Gasteiger charge is -2.12. The van der Waals surface area contributed by atoms with E-state index in [1.54, 1.807) is 37.5 Å². The fraction of sp³-hybridized carbons (Fsp3) is 0.0625. The molecule has 2 heterocycles. The van der Waals surface area contributed by atoms with E-state index in [9.17, 15) is 0 Å². The molecular formula is C16H14Cl2N6. The standard InChI is InChI=1S/C16H14Cl2N6/c1-19-16-21-14(13-4-2-3-7-20-13)9-15(22-16)24-23-12-6-5-10(17)8-11(12)18/h2-9,23H,1H3,(H2,19,21,22,24). The van der Waals surface area contributed by atoms with Crippen LogP contribution in [0.25, 0.3) is 11.4 Å². The zero-order valence-corrected chi connectivity index (χ0v) is 14.2. The lowest BCUT2D eigenvalue weighted by atomic mass is 10.2. The minimum atomic E-state index is 0.477. The molecule has 0 fully saturated rings. The van der Waals surface area contributed by atoms with Crippen molar-refractivity contribution in [1.82, 2.24) is 15.0 Å². The van der Waals surface area contributed by atoms with Crippen LogP contribution < -0.4 is 16.2 Å². The monoisotopic (exact) mass is 360 g/mol. The molecule has 3 rings (SSSR count). The summed E-state index contributed by atoms with van der Waals surface area (Å²) in [5.41, 5.74) is 8.15. The van der Waals surface area contributed by atoms with Crippen LogP contribution in [0.5, 0.6) is 0 Å². The van der Waals surface area contributed by atoms with Gasteiger partial charge in [-0.25, -0.2) is 4.98 Å². The third-order valence-electron chi connectivity index (χ3n) is 3.13. The first kappa shape index (κ1) is 16.3. The maximum Gasteiger partial charge on any atom is 0.225 e. The second-order valence-corrected chi connectivity index (χ2v) is 5.64. The number of benzene rings is 1. The fourth-order valence-corrected chi connectivity index (χ4v) is 2.45. The van der Waals surface area contributed by atoms with Crippen molar-refractivity contribution in [2.45, 2.75) is 0 Å². The molecule has 0 unspecified atom stereocenters. The first-order valence-electron chi connectivity index (χ1n) is 7.11. The Balaban J connectivity index is 1.85. The van der Waals surface area contributed by atoms with Gasteiger partial charge in [0.15, 0.2) is 5.82 Å². The lowest BCUT2D eigenvalue weighted by Crippen LogP contribution is -2.12. The molecule has 0 saturated carbocycles. The van der Waals surface area contributed by atoms with E-state index in [1.807, 2.05) is 18.2 Å². The van der Waals surface area contributed by atoms with Crippen molar-refractivity contribution < 1.29 is 0 Å². The molecule has 1 aromatic carbocycles. The number of halogens is 2. The Bertz CT molecular complexity index is 841. The van der Waals surface area contributed by atoms with Crippen LogP contribution in [0, 0.1) is 0 Å². The van der Waals surface area contributed by atoms with E-state index in [-0.39, 0.29) is 0 Å². The Kier molecular flexibility index (Phi) is 4.98. The van der Waals surface area contributed by atoms with Crippen LogP contribution in [0.3, 0.4) is 0 Å². The van der Waals surface area contributed by atoms with Crippen LogP contribution in [-0.2, 0) is 0 Å². The molecule has 0 aliphatic carbocycles. The summed E-state index contributed by atoms with van der Waals surface area (Å²) < 4.78 is 0. The molecule has 0 aliphatic heterocycles. The number of pyridine rings is 1. The summed E-state index contributed by atoms with van der Waals surface area (Å²) in [5.74, 6) is 1.05. The van der Waals surface area contributed by atoms with Crippen molar-refractivity contribution >= 4 is 40.7 Å². The van der Waals surface area contributed by atoms with Crippen LogP contribution in [0.1, 0.15) is 0 Å². The molecular weight excluding hydrogens is 347 g/mol. The van der Waals surface area contributed by atoms with E-state index >= 15 is 0 Å². The average Bonchev–Trinajstić information content (AvgIpc) is 2.61. The van der Waals surface area contributed by atoms with Crippen LogP contribution >= 0.6 is 23.2 Å². The van der Waals surface area contributed by atoms with Gasteiger partial charge < -0.3 is 5.32 Å². The molecule has 24 heavy (non-hydrogen) atoms. The quantitative estimate of drug-likeness (QED) is 0.588. The van der Waals surface area contributed by atoms with E-state index in [1.165, 1.54) is 0 Å². The van der Waals surface area contributed by atoms with E-state index in [0.717, 1.165) is 5.69 Å². The molecule has 8 heteroatoms. The zero-order chi connectivity index (χ0) is 16.9. The summed E-state index contributed by atoms with van der Waals surface area (Å²) >= 11 is 12.0. The topological polar surface area (TPSA) is 74.8 Å². The van der Waals surface area contributed by atoms with Crippen LogP contribution in [0.4, 0.5) is 17.5 Å². The second kappa shape index (κ2) is 7.33. The Morgan fingerprint density at radius 3 is 2.50 bits per heavy atom. The second-order valence-electron chi connectivity index (χ2n) is 4.80. The summed E-state index contributed by atoms with van der Waals surface area (Å²) in [5, 5.41) is 4.01. The number of anilines is 3. The Morgan fingerprint density at radius 2 is 1.79 bits per heavy atom. The van der Waals surface area contributed by atoms with Crippen molar-refractivity contribution in [3.63, 3.8) is 0 Å². The predicted octanol–water partition coefficient (Wildman–Crippen LogP) is 4.33. The predicted molar refractivity (Wildman–Crippen MR) is 98.5 cm³/mol. The van der Waals surface area contributed by atoms with Gasteiger partial charge >= 0.3 is 0 Å². The van der Waals surface area contributed by atoms with Crippen molar-refractivity contribution in [3.05, 3.63) is 58.7 Å². The van der Waals surface area contributed by atoms with Gasteiger partial charge in [0, 0.05) is 24.3 Å². The van der Waals surface area contributed by atoms with Gasteiger partial charge in [-0.15, -0.1) is 0 Å². The van der Waals surface area contributed by atoms with Crippen molar-refractivity contribution in [2.75, 3.05) is 23.2 Å². The highest BCUT2D eigenvalue weighted by Gasteiger charge is 2.07. The summed E-state index contributed by atoms with van der Waals surface area (Å²) in [6, 6.07) is 12.6. The molecule has 0 radical (unpaired) electrons. The zero-order valence-electron chi connectivity index (χ0n) is 12.7. The average molecular weight is 361 g/mol. The first-order valence-corrected chi connectivity index (χ1v) is 7.86. The van der Waals surface area contributed by atoms with Gasteiger partial charge in [0.05, 0.1) is 22.1 Å². The molecule has 122 valence electrons. The first-order chi connectivity index (χ1) is 11.7. The lowest BCUT2D eigenvalue weighted by molar-refractivity contribution is 1.13. The third-order valence-corrected chi connectivity index (χ3v) is 3.68. The summed E-state index contributed by atoms with van der Waals surface area (Å²) in [7, 11) is 1.75. The molecule has 0 amide bonds.